The number of anilines is 1. The van der Waals surface area contributed by atoms with E-state index in [1.165, 1.54) is 13.0 Å². The first kappa shape index (κ1) is 32.5. The molecule has 45 heavy (non-hydrogen) atoms. The molecule has 5 aromatic rings. The Morgan fingerprint density at radius 2 is 1.29 bits per heavy atom. The Labute approximate surface area is 270 Å². The Morgan fingerprint density at radius 3 is 1.80 bits per heavy atom. The Hall–Kier alpha value is -3.93. The molecule has 0 atom stereocenters. The van der Waals surface area contributed by atoms with Gasteiger partial charge in [-0.15, -0.1) is 0 Å². The molecule has 7 nitrogen and oxygen atoms in total. The van der Waals surface area contributed by atoms with E-state index in [2.05, 4.69) is 19.9 Å². The van der Waals surface area contributed by atoms with Gasteiger partial charge in [-0.1, -0.05) is 47.5 Å². The van der Waals surface area contributed by atoms with Crippen LogP contribution in [0.5, 0.6) is 11.5 Å². The van der Waals surface area contributed by atoms with Crippen LogP contribution in [0.3, 0.4) is 0 Å². The summed E-state index contributed by atoms with van der Waals surface area (Å²) in [5, 5.41) is -1.000. The molecule has 3 aromatic heterocycles. The minimum atomic E-state index is -4.80. The number of nitrogens with zero attached hydrogens (tertiary/aromatic N) is 5. The van der Waals surface area contributed by atoms with E-state index in [0.717, 1.165) is 11.1 Å². The number of rotatable bonds is 9. The second kappa shape index (κ2) is 13.2. The summed E-state index contributed by atoms with van der Waals surface area (Å²) in [6.07, 6.45) is -5.45. The van der Waals surface area contributed by atoms with Crippen molar-refractivity contribution in [2.24, 2.45) is 0 Å². The van der Waals surface area contributed by atoms with Crippen LogP contribution in [0.4, 0.5) is 23.4 Å². The number of alkyl halides is 3. The van der Waals surface area contributed by atoms with Crippen molar-refractivity contribution in [2.75, 3.05) is 19.1 Å². The summed E-state index contributed by atoms with van der Waals surface area (Å²) in [7, 11) is 3.11. The molecular formula is C31H24Cl3F4N5O2. The SMILES string of the molecule is COc1ccc(CN(Cc2ccc(OC)cc2)c2cc(C)c(C(F)(F)F)c(Cc3nc(Cl)c4c(Cl)nc(Cl)nc4c3F)n2)cc1. The molecular weight excluding hydrogens is 657 g/mol. The maximum Gasteiger partial charge on any atom is 0.418 e. The van der Waals surface area contributed by atoms with Gasteiger partial charge >= 0.3 is 6.18 Å². The zero-order chi connectivity index (χ0) is 32.5. The average molecular weight is 681 g/mol. The maximum absolute atomic E-state index is 15.7. The van der Waals surface area contributed by atoms with Gasteiger partial charge in [0, 0.05) is 19.5 Å². The molecule has 5 rings (SSSR count). The van der Waals surface area contributed by atoms with Crippen LogP contribution in [0.15, 0.2) is 54.6 Å². The van der Waals surface area contributed by atoms with E-state index in [9.17, 15) is 13.2 Å². The second-order valence-electron chi connectivity index (χ2n) is 10.0. The molecule has 0 saturated heterocycles. The molecule has 0 saturated carbocycles. The molecule has 14 heteroatoms. The van der Waals surface area contributed by atoms with Crippen molar-refractivity contribution in [1.29, 1.82) is 0 Å². The normalized spacial score (nSPS) is 11.6. The number of aryl methyl sites for hydroxylation is 1. The Kier molecular flexibility index (Phi) is 9.52. The van der Waals surface area contributed by atoms with Gasteiger partial charge in [0.1, 0.15) is 33.1 Å². The molecule has 2 aromatic carbocycles. The predicted octanol–water partition coefficient (Wildman–Crippen LogP) is 8.66. The lowest BCUT2D eigenvalue weighted by atomic mass is 10.0. The summed E-state index contributed by atoms with van der Waals surface area (Å²) in [5.74, 6) is 0.514. The van der Waals surface area contributed by atoms with Crippen molar-refractivity contribution in [3.63, 3.8) is 0 Å². The molecule has 0 spiro atoms. The largest absolute Gasteiger partial charge is 0.497 e. The van der Waals surface area contributed by atoms with Crippen molar-refractivity contribution >= 4 is 51.5 Å². The summed E-state index contributed by atoms with van der Waals surface area (Å²) in [5.41, 5.74) is -0.615. The third-order valence-electron chi connectivity index (χ3n) is 7.02. The van der Waals surface area contributed by atoms with E-state index >= 15 is 4.39 Å². The van der Waals surface area contributed by atoms with Gasteiger partial charge < -0.3 is 14.4 Å². The van der Waals surface area contributed by atoms with Crippen molar-refractivity contribution in [3.05, 3.63) is 110 Å². The van der Waals surface area contributed by atoms with Gasteiger partial charge in [-0.2, -0.15) is 13.2 Å². The molecule has 0 amide bonds. The highest BCUT2D eigenvalue weighted by Crippen LogP contribution is 2.38. The lowest BCUT2D eigenvalue weighted by Gasteiger charge is -2.27. The van der Waals surface area contributed by atoms with Gasteiger partial charge in [0.2, 0.25) is 5.28 Å². The fraction of sp³-hybridized carbons (Fsp3) is 0.226. The average Bonchev–Trinajstić information content (AvgIpc) is 2.98. The van der Waals surface area contributed by atoms with E-state index in [4.69, 9.17) is 44.3 Å². The van der Waals surface area contributed by atoms with Crippen molar-refractivity contribution < 1.29 is 27.0 Å². The van der Waals surface area contributed by atoms with Gasteiger partial charge in [0.05, 0.1) is 36.6 Å². The highest BCUT2D eigenvalue weighted by molar-refractivity contribution is 6.41. The monoisotopic (exact) mass is 679 g/mol. The standard InChI is InChI=1S/C31H24Cl3F4N5O2/c1-16-12-23(43(14-17-4-8-19(44-2)9-5-17)15-18-6-10-20(45-3)11-7-18)39-21(25(16)31(36,37)38)13-22-26(35)27-24(28(32)40-22)29(33)42-30(34)41-27/h4-12H,13-15H2,1-3H3. The zero-order valence-electron chi connectivity index (χ0n) is 24.0. The molecule has 0 radical (unpaired) electrons. The number of benzene rings is 2. The first-order chi connectivity index (χ1) is 21.4. The van der Waals surface area contributed by atoms with Crippen molar-refractivity contribution in [2.45, 2.75) is 32.6 Å². The number of fused-ring (bicyclic) bond motifs is 1. The number of ether oxygens (including phenoxy) is 2. The van der Waals surface area contributed by atoms with Crippen LogP contribution in [0.2, 0.25) is 15.6 Å². The number of methoxy groups -OCH3 is 2. The minimum absolute atomic E-state index is 0.0994. The van der Waals surface area contributed by atoms with E-state index < -0.39 is 35.4 Å². The van der Waals surface area contributed by atoms with Gasteiger partial charge in [-0.3, -0.25) is 0 Å². The summed E-state index contributed by atoms with van der Waals surface area (Å²) in [6.45, 7) is 1.91. The maximum atomic E-state index is 15.7. The van der Waals surface area contributed by atoms with E-state index in [0.29, 0.717) is 11.5 Å². The van der Waals surface area contributed by atoms with Crippen LogP contribution in [-0.2, 0) is 25.7 Å². The third kappa shape index (κ3) is 7.16. The van der Waals surface area contributed by atoms with E-state index in [1.54, 1.807) is 38.5 Å². The topological polar surface area (TPSA) is 73.3 Å². The van der Waals surface area contributed by atoms with Crippen molar-refractivity contribution in [1.82, 2.24) is 19.9 Å². The number of halogens is 7. The molecule has 0 aliphatic heterocycles. The predicted molar refractivity (Wildman–Crippen MR) is 165 cm³/mol. The zero-order valence-corrected chi connectivity index (χ0v) is 26.3. The number of pyridine rings is 2. The Balaban J connectivity index is 1.63. The Morgan fingerprint density at radius 1 is 0.756 bits per heavy atom. The second-order valence-corrected chi connectivity index (χ2v) is 11.1. The van der Waals surface area contributed by atoms with Gasteiger partial charge in [-0.25, -0.2) is 24.3 Å². The molecule has 234 valence electrons. The number of hydrogen-bond acceptors (Lipinski definition) is 7. The number of hydrogen-bond donors (Lipinski definition) is 0. The van der Waals surface area contributed by atoms with Crippen LogP contribution < -0.4 is 14.4 Å². The minimum Gasteiger partial charge on any atom is -0.497 e. The summed E-state index contributed by atoms with van der Waals surface area (Å²) in [6, 6.07) is 15.9. The van der Waals surface area contributed by atoms with Gasteiger partial charge in [0.25, 0.3) is 0 Å². The lowest BCUT2D eigenvalue weighted by Crippen LogP contribution is -2.25. The van der Waals surface area contributed by atoms with E-state index in [-0.39, 0.29) is 51.0 Å². The fourth-order valence-corrected chi connectivity index (χ4v) is 5.70. The van der Waals surface area contributed by atoms with Crippen molar-refractivity contribution in [3.8, 4) is 11.5 Å². The Bertz CT molecular complexity index is 1810. The quantitative estimate of drug-likeness (QED) is 0.0668. The molecule has 0 N–H and O–H groups in total. The van der Waals surface area contributed by atoms with Gasteiger partial charge in [-0.05, 0) is 65.5 Å². The fourth-order valence-electron chi connectivity index (χ4n) is 4.90. The van der Waals surface area contributed by atoms with Crippen LogP contribution in [0, 0.1) is 12.7 Å². The van der Waals surface area contributed by atoms with Crippen LogP contribution >= 0.6 is 34.8 Å². The summed E-state index contributed by atoms with van der Waals surface area (Å²) in [4.78, 5) is 17.9. The highest BCUT2D eigenvalue weighted by Gasteiger charge is 2.37. The first-order valence-electron chi connectivity index (χ1n) is 13.3. The van der Waals surface area contributed by atoms with Crippen LogP contribution in [0.25, 0.3) is 10.9 Å². The van der Waals surface area contributed by atoms with Crippen LogP contribution in [0.1, 0.15) is 33.6 Å². The lowest BCUT2D eigenvalue weighted by molar-refractivity contribution is -0.138. The molecule has 0 unspecified atom stereocenters. The highest BCUT2D eigenvalue weighted by atomic mass is 35.5. The third-order valence-corrected chi connectivity index (χ3v) is 7.74. The summed E-state index contributed by atoms with van der Waals surface area (Å²) < 4.78 is 69.6. The van der Waals surface area contributed by atoms with Gasteiger partial charge in [0.15, 0.2) is 5.82 Å². The molecule has 0 fully saturated rings. The van der Waals surface area contributed by atoms with Crippen LogP contribution in [-0.4, -0.2) is 34.2 Å². The summed E-state index contributed by atoms with van der Waals surface area (Å²) >= 11 is 18.2. The molecule has 0 aliphatic rings. The number of aromatic nitrogens is 4. The molecule has 0 bridgehead atoms. The molecule has 0 aliphatic carbocycles. The van der Waals surface area contributed by atoms with E-state index in [1.807, 2.05) is 29.2 Å². The smallest absolute Gasteiger partial charge is 0.418 e. The molecule has 3 heterocycles. The first-order valence-corrected chi connectivity index (χ1v) is 14.5.